The van der Waals surface area contributed by atoms with Crippen LogP contribution in [0.5, 0.6) is 0 Å². The van der Waals surface area contributed by atoms with E-state index in [0.717, 1.165) is 11.1 Å². The number of nitrogens with one attached hydrogen (secondary N) is 2. The van der Waals surface area contributed by atoms with Gasteiger partial charge in [0.1, 0.15) is 11.3 Å². The molecule has 0 aliphatic carbocycles. The van der Waals surface area contributed by atoms with Gasteiger partial charge in [-0.3, -0.25) is 14.3 Å². The topological polar surface area (TPSA) is 83.5 Å². The van der Waals surface area contributed by atoms with Crippen LogP contribution in [-0.4, -0.2) is 19.5 Å². The Labute approximate surface area is 124 Å². The molecule has 3 rings (SSSR count). The first-order valence-electron chi connectivity index (χ1n) is 6.50. The molecular formula is C14H13ClN4O2. The van der Waals surface area contributed by atoms with Crippen molar-refractivity contribution >= 4 is 22.8 Å². The molecule has 2 N–H and O–H groups in total. The minimum Gasteiger partial charge on any atom is -0.332 e. The second-order valence-electron chi connectivity index (χ2n) is 4.75. The van der Waals surface area contributed by atoms with E-state index in [2.05, 4.69) is 15.0 Å². The maximum Gasteiger partial charge on any atom is 0.330 e. The second kappa shape index (κ2) is 4.89. The molecule has 108 valence electrons. The Balaban J connectivity index is 2.36. The summed E-state index contributed by atoms with van der Waals surface area (Å²) in [6.45, 7) is 4.17. The minimum atomic E-state index is -0.474. The molecule has 0 aliphatic rings. The quantitative estimate of drug-likeness (QED) is 0.760. The van der Waals surface area contributed by atoms with Crippen molar-refractivity contribution in [3.63, 3.8) is 0 Å². The SMILES string of the molecule is CCn1c(=O)[nH]c(=O)c2[nH]c(-c3cc(Cl)ccc3C)nc21. The fourth-order valence-electron chi connectivity index (χ4n) is 2.31. The largest absolute Gasteiger partial charge is 0.332 e. The summed E-state index contributed by atoms with van der Waals surface area (Å²) in [6, 6.07) is 5.44. The van der Waals surface area contributed by atoms with Crippen molar-refractivity contribution in [1.82, 2.24) is 19.5 Å². The van der Waals surface area contributed by atoms with Crippen molar-refractivity contribution in [2.24, 2.45) is 0 Å². The summed E-state index contributed by atoms with van der Waals surface area (Å²) in [7, 11) is 0. The smallest absolute Gasteiger partial charge is 0.330 e. The van der Waals surface area contributed by atoms with Gasteiger partial charge < -0.3 is 4.98 Å². The molecule has 0 saturated heterocycles. The number of H-pyrrole nitrogens is 2. The first-order valence-corrected chi connectivity index (χ1v) is 6.88. The van der Waals surface area contributed by atoms with Crippen molar-refractivity contribution in [3.05, 3.63) is 49.6 Å². The van der Waals surface area contributed by atoms with E-state index >= 15 is 0 Å². The van der Waals surface area contributed by atoms with Crippen LogP contribution in [0, 0.1) is 6.92 Å². The summed E-state index contributed by atoms with van der Waals surface area (Å²) in [6.07, 6.45) is 0. The Morgan fingerprint density at radius 2 is 2.05 bits per heavy atom. The van der Waals surface area contributed by atoms with Gasteiger partial charge in [0.2, 0.25) is 0 Å². The number of hydrogen-bond acceptors (Lipinski definition) is 3. The van der Waals surface area contributed by atoms with Gasteiger partial charge >= 0.3 is 5.69 Å². The number of imidazole rings is 1. The Morgan fingerprint density at radius 1 is 1.29 bits per heavy atom. The summed E-state index contributed by atoms with van der Waals surface area (Å²) in [5, 5.41) is 0.581. The fourth-order valence-corrected chi connectivity index (χ4v) is 2.48. The number of halogens is 1. The molecule has 6 nitrogen and oxygen atoms in total. The number of rotatable bonds is 2. The molecule has 2 heterocycles. The first-order chi connectivity index (χ1) is 10.0. The van der Waals surface area contributed by atoms with Crippen LogP contribution in [0.2, 0.25) is 5.02 Å². The van der Waals surface area contributed by atoms with Gasteiger partial charge in [-0.15, -0.1) is 0 Å². The van der Waals surface area contributed by atoms with E-state index in [4.69, 9.17) is 11.6 Å². The molecule has 0 bridgehead atoms. The van der Waals surface area contributed by atoms with E-state index in [1.807, 2.05) is 19.9 Å². The zero-order valence-corrected chi connectivity index (χ0v) is 12.3. The lowest BCUT2D eigenvalue weighted by Gasteiger charge is -2.02. The zero-order chi connectivity index (χ0) is 15.1. The number of fused-ring (bicyclic) bond motifs is 1. The molecule has 1 aromatic carbocycles. The minimum absolute atomic E-state index is 0.283. The van der Waals surface area contributed by atoms with Crippen LogP contribution < -0.4 is 11.2 Å². The number of aromatic amines is 2. The highest BCUT2D eigenvalue weighted by Gasteiger charge is 2.14. The highest BCUT2D eigenvalue weighted by Crippen LogP contribution is 2.25. The second-order valence-corrected chi connectivity index (χ2v) is 5.18. The molecule has 0 aliphatic heterocycles. The van der Waals surface area contributed by atoms with Gasteiger partial charge in [0.05, 0.1) is 0 Å². The van der Waals surface area contributed by atoms with Gasteiger partial charge in [0.15, 0.2) is 5.65 Å². The average molecular weight is 305 g/mol. The molecule has 7 heteroatoms. The highest BCUT2D eigenvalue weighted by molar-refractivity contribution is 6.30. The molecule has 3 aromatic rings. The Hall–Kier alpha value is -2.34. The molecule has 0 atom stereocenters. The average Bonchev–Trinajstić information content (AvgIpc) is 2.87. The van der Waals surface area contributed by atoms with E-state index in [-0.39, 0.29) is 5.52 Å². The van der Waals surface area contributed by atoms with Crippen molar-refractivity contribution in [2.75, 3.05) is 0 Å². The monoisotopic (exact) mass is 304 g/mol. The molecule has 0 saturated carbocycles. The normalized spacial score (nSPS) is 11.2. The predicted octanol–water partition coefficient (Wildman–Crippen LogP) is 2.06. The lowest BCUT2D eigenvalue weighted by atomic mass is 10.1. The van der Waals surface area contributed by atoms with Crippen LogP contribution >= 0.6 is 11.6 Å². The van der Waals surface area contributed by atoms with Crippen LogP contribution in [0.4, 0.5) is 0 Å². The molecule has 0 amide bonds. The molecule has 2 aromatic heterocycles. The van der Waals surface area contributed by atoms with Gasteiger partial charge in [-0.2, -0.15) is 0 Å². The van der Waals surface area contributed by atoms with E-state index < -0.39 is 11.2 Å². The van der Waals surface area contributed by atoms with Crippen LogP contribution in [0.15, 0.2) is 27.8 Å². The van der Waals surface area contributed by atoms with Crippen molar-refractivity contribution in [1.29, 1.82) is 0 Å². The summed E-state index contributed by atoms with van der Waals surface area (Å²) in [4.78, 5) is 33.3. The molecular weight excluding hydrogens is 292 g/mol. The standard InChI is InChI=1S/C14H13ClN4O2/c1-3-19-12-10(13(20)18-14(19)21)16-11(17-12)9-6-8(15)5-4-7(9)2/h4-6H,3H2,1-2H3,(H,16,17)(H,18,20,21). The third-order valence-corrected chi connectivity index (χ3v) is 3.64. The Bertz CT molecular complexity index is 952. The van der Waals surface area contributed by atoms with E-state index in [1.54, 1.807) is 12.1 Å². The van der Waals surface area contributed by atoms with Crippen LogP contribution in [-0.2, 0) is 6.54 Å². The Morgan fingerprint density at radius 3 is 2.76 bits per heavy atom. The van der Waals surface area contributed by atoms with Crippen LogP contribution in [0.1, 0.15) is 12.5 Å². The maximum atomic E-state index is 11.9. The fraction of sp³-hybridized carbons (Fsp3) is 0.214. The lowest BCUT2D eigenvalue weighted by Crippen LogP contribution is -2.29. The molecule has 0 radical (unpaired) electrons. The molecule has 0 fully saturated rings. The third kappa shape index (κ3) is 2.17. The van der Waals surface area contributed by atoms with Crippen molar-refractivity contribution in [2.45, 2.75) is 20.4 Å². The summed E-state index contributed by atoms with van der Waals surface area (Å²) in [5.74, 6) is 0.517. The number of nitrogens with zero attached hydrogens (tertiary/aromatic N) is 2. The summed E-state index contributed by atoms with van der Waals surface area (Å²) in [5.41, 5.74) is 1.47. The number of hydrogen-bond donors (Lipinski definition) is 2. The Kier molecular flexibility index (Phi) is 3.17. The van der Waals surface area contributed by atoms with Gasteiger partial charge in [0, 0.05) is 17.1 Å². The van der Waals surface area contributed by atoms with Crippen molar-refractivity contribution < 1.29 is 0 Å². The van der Waals surface area contributed by atoms with Crippen molar-refractivity contribution in [3.8, 4) is 11.4 Å². The third-order valence-electron chi connectivity index (χ3n) is 3.40. The van der Waals surface area contributed by atoms with Gasteiger partial charge in [-0.25, -0.2) is 9.78 Å². The van der Waals surface area contributed by atoms with Crippen LogP contribution in [0.25, 0.3) is 22.6 Å². The van der Waals surface area contributed by atoms with Crippen LogP contribution in [0.3, 0.4) is 0 Å². The van der Waals surface area contributed by atoms with Gasteiger partial charge in [0.25, 0.3) is 5.56 Å². The zero-order valence-electron chi connectivity index (χ0n) is 11.5. The molecule has 0 spiro atoms. The van der Waals surface area contributed by atoms with E-state index in [0.29, 0.717) is 23.0 Å². The number of aryl methyl sites for hydroxylation is 2. The maximum absolute atomic E-state index is 11.9. The highest BCUT2D eigenvalue weighted by atomic mass is 35.5. The number of benzene rings is 1. The lowest BCUT2D eigenvalue weighted by molar-refractivity contribution is 0.720. The predicted molar refractivity (Wildman–Crippen MR) is 81.8 cm³/mol. The van der Waals surface area contributed by atoms with E-state index in [9.17, 15) is 9.59 Å². The number of aromatic nitrogens is 4. The summed E-state index contributed by atoms with van der Waals surface area (Å²) < 4.78 is 1.41. The molecule has 0 unspecified atom stereocenters. The summed E-state index contributed by atoms with van der Waals surface area (Å²) >= 11 is 6.02. The van der Waals surface area contributed by atoms with Gasteiger partial charge in [-0.1, -0.05) is 17.7 Å². The molecule has 21 heavy (non-hydrogen) atoms. The first kappa shape index (κ1) is 13.6. The van der Waals surface area contributed by atoms with E-state index in [1.165, 1.54) is 4.57 Å². The van der Waals surface area contributed by atoms with Gasteiger partial charge in [-0.05, 0) is 31.5 Å².